The van der Waals surface area contributed by atoms with Crippen LogP contribution in [0.3, 0.4) is 0 Å². The van der Waals surface area contributed by atoms with Crippen molar-refractivity contribution in [1.29, 1.82) is 0 Å². The molecule has 0 fully saturated rings. The fourth-order valence-corrected chi connectivity index (χ4v) is 2.03. The van der Waals surface area contributed by atoms with Crippen molar-refractivity contribution in [1.82, 2.24) is 9.97 Å². The zero-order chi connectivity index (χ0) is 13.6. The quantitative estimate of drug-likeness (QED) is 0.339. The molecule has 98 valence electrons. The van der Waals surface area contributed by atoms with Crippen molar-refractivity contribution in [3.63, 3.8) is 0 Å². The number of esters is 1. The van der Waals surface area contributed by atoms with Crippen LogP contribution >= 0.6 is 11.8 Å². The minimum absolute atomic E-state index is 0.176. The molecule has 5 nitrogen and oxygen atoms in total. The van der Waals surface area contributed by atoms with Crippen LogP contribution in [0, 0.1) is 5.41 Å². The molecule has 0 saturated carbocycles. The van der Waals surface area contributed by atoms with E-state index in [-0.39, 0.29) is 18.1 Å². The number of thioether (sulfide) groups is 1. The smallest absolute Gasteiger partial charge is 0.319 e. The minimum atomic E-state index is -1.12. The fourth-order valence-electron chi connectivity index (χ4n) is 1.11. The molecule has 1 aromatic heterocycles. The second-order valence-electron chi connectivity index (χ2n) is 4.10. The van der Waals surface area contributed by atoms with Crippen molar-refractivity contribution >= 4 is 23.5 Å². The monoisotopic (exact) mass is 268 g/mol. The zero-order valence-corrected chi connectivity index (χ0v) is 11.5. The van der Waals surface area contributed by atoms with E-state index in [2.05, 4.69) is 9.97 Å². The summed E-state index contributed by atoms with van der Waals surface area (Å²) in [6.07, 6.45) is 3.03. The van der Waals surface area contributed by atoms with E-state index >= 15 is 0 Å². The van der Waals surface area contributed by atoms with Gasteiger partial charge in [0.05, 0.1) is 17.4 Å². The summed E-state index contributed by atoms with van der Waals surface area (Å²) >= 11 is 1.28. The van der Waals surface area contributed by atoms with Gasteiger partial charge in [-0.15, -0.1) is 0 Å². The van der Waals surface area contributed by atoms with Crippen LogP contribution in [0.15, 0.2) is 23.6 Å². The number of nitrogens with zero attached hydrogens (tertiary/aromatic N) is 2. The summed E-state index contributed by atoms with van der Waals surface area (Å²) in [7, 11) is 0. The number of carbonyl (C=O) groups excluding carboxylic acids is 2. The van der Waals surface area contributed by atoms with Crippen LogP contribution < -0.4 is 0 Å². The van der Waals surface area contributed by atoms with Gasteiger partial charge in [0.2, 0.25) is 0 Å². The van der Waals surface area contributed by atoms with Crippen LogP contribution in [0.2, 0.25) is 0 Å². The number of hydrogen-bond acceptors (Lipinski definition) is 6. The Balaban J connectivity index is 2.57. The largest absolute Gasteiger partial charge is 0.465 e. The predicted octanol–water partition coefficient (Wildman–Crippen LogP) is 1.73. The predicted molar refractivity (Wildman–Crippen MR) is 68.2 cm³/mol. The molecule has 0 atom stereocenters. The highest BCUT2D eigenvalue weighted by molar-refractivity contribution is 7.99. The molecule has 1 aromatic rings. The molecule has 0 bridgehead atoms. The summed E-state index contributed by atoms with van der Waals surface area (Å²) in [5.41, 5.74) is -1.12. The second-order valence-corrected chi connectivity index (χ2v) is 5.10. The van der Waals surface area contributed by atoms with Crippen molar-refractivity contribution in [2.45, 2.75) is 25.8 Å². The topological polar surface area (TPSA) is 69.2 Å². The highest BCUT2D eigenvalue weighted by atomic mass is 32.2. The average molecular weight is 268 g/mol. The van der Waals surface area contributed by atoms with Gasteiger partial charge in [-0.3, -0.25) is 9.59 Å². The molecule has 0 aliphatic rings. The maximum atomic E-state index is 12.0. The lowest BCUT2D eigenvalue weighted by molar-refractivity contribution is -0.157. The average Bonchev–Trinajstić information content (AvgIpc) is 2.37. The molecular weight excluding hydrogens is 252 g/mol. The van der Waals surface area contributed by atoms with Crippen LogP contribution in [0.5, 0.6) is 0 Å². The molecule has 0 aromatic carbocycles. The van der Waals surface area contributed by atoms with Gasteiger partial charge >= 0.3 is 5.97 Å². The Kier molecular flexibility index (Phi) is 5.27. The number of aromatic nitrogens is 2. The lowest BCUT2D eigenvalue weighted by Gasteiger charge is -2.20. The van der Waals surface area contributed by atoms with Gasteiger partial charge in [-0.2, -0.15) is 0 Å². The molecular formula is C12H16N2O3S. The summed E-state index contributed by atoms with van der Waals surface area (Å²) < 4.78 is 4.89. The lowest BCUT2D eigenvalue weighted by atomic mass is 9.89. The third-order valence-corrected chi connectivity index (χ3v) is 3.33. The van der Waals surface area contributed by atoms with Crippen LogP contribution in [0.4, 0.5) is 0 Å². The number of Topliss-reactive ketones (excluding diaryl/α,β-unsaturated/α-hetero) is 1. The first-order chi connectivity index (χ1) is 8.48. The highest BCUT2D eigenvalue weighted by Gasteiger charge is 2.36. The van der Waals surface area contributed by atoms with E-state index in [9.17, 15) is 9.59 Å². The third kappa shape index (κ3) is 3.80. The Morgan fingerprint density at radius 3 is 2.72 bits per heavy atom. The molecule has 0 aliphatic carbocycles. The van der Waals surface area contributed by atoms with Crippen LogP contribution in [0.25, 0.3) is 0 Å². The highest BCUT2D eigenvalue weighted by Crippen LogP contribution is 2.23. The van der Waals surface area contributed by atoms with E-state index in [1.165, 1.54) is 18.1 Å². The number of rotatable bonds is 6. The summed E-state index contributed by atoms with van der Waals surface area (Å²) in [4.78, 5) is 31.4. The normalized spacial score (nSPS) is 11.1. The van der Waals surface area contributed by atoms with Crippen LogP contribution in [-0.2, 0) is 14.3 Å². The molecule has 0 aliphatic heterocycles. The molecule has 18 heavy (non-hydrogen) atoms. The standard InChI is InChI=1S/C12H16N2O3S/c1-4-17-11(16)12(2,3)9(15)7-18-10-5-6-13-8-14-10/h5-6,8H,4,7H2,1-3H3. The van der Waals surface area contributed by atoms with Gasteiger partial charge in [0.1, 0.15) is 11.7 Å². The molecule has 0 spiro atoms. The Morgan fingerprint density at radius 2 is 2.17 bits per heavy atom. The third-order valence-electron chi connectivity index (χ3n) is 2.39. The Hall–Kier alpha value is -1.43. The number of ketones is 1. The van der Waals surface area contributed by atoms with Crippen molar-refractivity contribution in [3.05, 3.63) is 18.6 Å². The second kappa shape index (κ2) is 6.49. The Bertz CT molecular complexity index is 421. The van der Waals surface area contributed by atoms with Crippen molar-refractivity contribution in [2.24, 2.45) is 5.41 Å². The molecule has 6 heteroatoms. The first-order valence-corrected chi connectivity index (χ1v) is 6.56. The first-order valence-electron chi connectivity index (χ1n) is 5.57. The first kappa shape index (κ1) is 14.6. The molecule has 0 unspecified atom stereocenters. The van der Waals surface area contributed by atoms with Gasteiger partial charge in [0.15, 0.2) is 5.78 Å². The van der Waals surface area contributed by atoms with Crippen LogP contribution in [-0.4, -0.2) is 34.1 Å². The van der Waals surface area contributed by atoms with E-state index in [0.29, 0.717) is 5.03 Å². The van der Waals surface area contributed by atoms with Gasteiger partial charge in [-0.1, -0.05) is 11.8 Å². The lowest BCUT2D eigenvalue weighted by Crippen LogP contribution is -2.36. The molecule has 0 saturated heterocycles. The minimum Gasteiger partial charge on any atom is -0.465 e. The summed E-state index contributed by atoms with van der Waals surface area (Å²) in [6, 6.07) is 1.72. The van der Waals surface area contributed by atoms with Gasteiger partial charge < -0.3 is 4.74 Å². The number of ether oxygens (including phenoxy) is 1. The fraction of sp³-hybridized carbons (Fsp3) is 0.500. The number of carbonyl (C=O) groups is 2. The molecule has 1 rings (SSSR count). The van der Waals surface area contributed by atoms with Gasteiger partial charge in [-0.25, -0.2) is 9.97 Å². The molecule has 0 amide bonds. The van der Waals surface area contributed by atoms with Crippen LogP contribution in [0.1, 0.15) is 20.8 Å². The Morgan fingerprint density at radius 1 is 1.44 bits per heavy atom. The van der Waals surface area contributed by atoms with Crippen molar-refractivity contribution in [2.75, 3.05) is 12.4 Å². The van der Waals surface area contributed by atoms with Crippen molar-refractivity contribution < 1.29 is 14.3 Å². The maximum absolute atomic E-state index is 12.0. The number of hydrogen-bond donors (Lipinski definition) is 0. The van der Waals surface area contributed by atoms with Gasteiger partial charge in [0.25, 0.3) is 0 Å². The summed E-state index contributed by atoms with van der Waals surface area (Å²) in [6.45, 7) is 5.14. The van der Waals surface area contributed by atoms with E-state index in [1.54, 1.807) is 33.0 Å². The van der Waals surface area contributed by atoms with Crippen molar-refractivity contribution in [3.8, 4) is 0 Å². The summed E-state index contributed by atoms with van der Waals surface area (Å²) in [5, 5.41) is 0.706. The zero-order valence-electron chi connectivity index (χ0n) is 10.7. The molecule has 1 heterocycles. The summed E-state index contributed by atoms with van der Waals surface area (Å²) in [5.74, 6) is -0.481. The van der Waals surface area contributed by atoms with Gasteiger partial charge in [-0.05, 0) is 26.8 Å². The molecule has 0 radical (unpaired) electrons. The SMILES string of the molecule is CCOC(=O)C(C)(C)C(=O)CSc1ccncn1. The van der Waals surface area contributed by atoms with E-state index in [4.69, 9.17) is 4.74 Å². The maximum Gasteiger partial charge on any atom is 0.319 e. The van der Waals surface area contributed by atoms with Gasteiger partial charge in [0, 0.05) is 6.20 Å². The van der Waals surface area contributed by atoms with E-state index < -0.39 is 11.4 Å². The molecule has 0 N–H and O–H groups in total. The Labute approximate surface area is 110 Å². The van der Waals surface area contributed by atoms with E-state index in [0.717, 1.165) is 0 Å². The van der Waals surface area contributed by atoms with E-state index in [1.807, 2.05) is 0 Å².